The molecule has 2 N–H and O–H groups in total. The van der Waals surface area contributed by atoms with Crippen LogP contribution >= 0.6 is 0 Å². The van der Waals surface area contributed by atoms with Crippen LogP contribution in [0.15, 0.2) is 31.0 Å². The molecular formula is C11H12N8. The Hall–Kier alpha value is -2.77. The predicted molar refractivity (Wildman–Crippen MR) is 68.7 cm³/mol. The lowest BCUT2D eigenvalue weighted by atomic mass is 10.4. The largest absolute Gasteiger partial charge is 0.359 e. The van der Waals surface area contributed by atoms with Crippen molar-refractivity contribution < 1.29 is 0 Å². The maximum atomic E-state index is 4.37. The molecule has 0 aliphatic heterocycles. The highest BCUT2D eigenvalue weighted by molar-refractivity contribution is 5.52. The molecule has 0 radical (unpaired) electrons. The summed E-state index contributed by atoms with van der Waals surface area (Å²) in [4.78, 5) is 20.0. The molecule has 0 spiro atoms. The van der Waals surface area contributed by atoms with Crippen LogP contribution in [0.4, 0.5) is 5.95 Å². The molecule has 0 aromatic carbocycles. The van der Waals surface area contributed by atoms with Crippen molar-refractivity contribution in [1.29, 1.82) is 0 Å². The Morgan fingerprint density at radius 2 is 2.26 bits per heavy atom. The minimum Gasteiger partial charge on any atom is -0.359 e. The third kappa shape index (κ3) is 2.28. The molecule has 3 rings (SSSR count). The number of nitrogens with zero attached hydrogens (tertiary/aromatic N) is 6. The number of nitrogens with one attached hydrogen (secondary N) is 2. The van der Waals surface area contributed by atoms with Crippen LogP contribution in [0.3, 0.4) is 0 Å². The van der Waals surface area contributed by atoms with Crippen LogP contribution in [0.1, 0.15) is 6.92 Å². The van der Waals surface area contributed by atoms with Gasteiger partial charge in [0.05, 0.1) is 5.69 Å². The van der Waals surface area contributed by atoms with Gasteiger partial charge in [-0.1, -0.05) is 0 Å². The maximum absolute atomic E-state index is 4.37. The molecule has 8 nitrogen and oxygen atoms in total. The van der Waals surface area contributed by atoms with Crippen LogP contribution in [0.25, 0.3) is 17.5 Å². The Kier molecular flexibility index (Phi) is 2.89. The zero-order chi connectivity index (χ0) is 13.1. The molecule has 0 bridgehead atoms. The van der Waals surface area contributed by atoms with Gasteiger partial charge in [-0.25, -0.2) is 4.98 Å². The summed E-state index contributed by atoms with van der Waals surface area (Å²) in [7, 11) is 0. The Labute approximate surface area is 109 Å². The topological polar surface area (TPSA) is 97.2 Å². The van der Waals surface area contributed by atoms with Crippen LogP contribution in [0, 0.1) is 0 Å². The monoisotopic (exact) mass is 256 g/mol. The first-order valence-corrected chi connectivity index (χ1v) is 5.85. The van der Waals surface area contributed by atoms with E-state index in [1.165, 1.54) is 11.0 Å². The van der Waals surface area contributed by atoms with E-state index in [-0.39, 0.29) is 0 Å². The highest BCUT2D eigenvalue weighted by atomic mass is 15.4. The predicted octanol–water partition coefficient (Wildman–Crippen LogP) is 0.879. The molecule has 3 heterocycles. The second-order valence-electron chi connectivity index (χ2n) is 3.74. The fourth-order valence-electron chi connectivity index (χ4n) is 1.61. The minimum absolute atomic E-state index is 0.424. The van der Waals surface area contributed by atoms with Crippen molar-refractivity contribution in [1.82, 2.24) is 34.7 Å². The fourth-order valence-corrected chi connectivity index (χ4v) is 1.61. The van der Waals surface area contributed by atoms with E-state index in [4.69, 9.17) is 0 Å². The zero-order valence-corrected chi connectivity index (χ0v) is 10.3. The van der Waals surface area contributed by atoms with Crippen molar-refractivity contribution >= 4 is 5.95 Å². The smallest absolute Gasteiger partial charge is 0.257 e. The molecule has 0 aliphatic rings. The van der Waals surface area contributed by atoms with Gasteiger partial charge in [0, 0.05) is 12.7 Å². The summed E-state index contributed by atoms with van der Waals surface area (Å²) in [5.41, 5.74) is 0.822. The van der Waals surface area contributed by atoms with E-state index in [0.29, 0.717) is 17.7 Å². The van der Waals surface area contributed by atoms with Gasteiger partial charge >= 0.3 is 0 Å². The lowest BCUT2D eigenvalue weighted by Gasteiger charge is -2.06. The lowest BCUT2D eigenvalue weighted by molar-refractivity contribution is 0.796. The van der Waals surface area contributed by atoms with Crippen LogP contribution < -0.4 is 5.32 Å². The first-order chi connectivity index (χ1) is 9.36. The van der Waals surface area contributed by atoms with E-state index >= 15 is 0 Å². The van der Waals surface area contributed by atoms with Crippen molar-refractivity contribution in [2.75, 3.05) is 11.9 Å². The molecule has 3 aromatic rings. The molecule has 0 saturated carbocycles. The van der Waals surface area contributed by atoms with Gasteiger partial charge in [0.25, 0.3) is 5.95 Å². The van der Waals surface area contributed by atoms with Gasteiger partial charge in [-0.3, -0.25) is 0 Å². The van der Waals surface area contributed by atoms with Gasteiger partial charge in [-0.2, -0.15) is 24.7 Å². The van der Waals surface area contributed by atoms with Gasteiger partial charge in [0.2, 0.25) is 5.95 Å². The summed E-state index contributed by atoms with van der Waals surface area (Å²) >= 11 is 0. The van der Waals surface area contributed by atoms with E-state index in [1.807, 2.05) is 25.3 Å². The van der Waals surface area contributed by atoms with Gasteiger partial charge < -0.3 is 10.3 Å². The molecule has 0 unspecified atom stereocenters. The van der Waals surface area contributed by atoms with Gasteiger partial charge in [0.1, 0.15) is 12.7 Å². The SMILES string of the molecule is CCNc1nc(-c2ccc[nH]2)nc(-n2cncn2)n1. The highest BCUT2D eigenvalue weighted by Crippen LogP contribution is 2.14. The number of aromatic amines is 1. The first-order valence-electron chi connectivity index (χ1n) is 5.85. The molecule has 3 aromatic heterocycles. The fraction of sp³-hybridized carbons (Fsp3) is 0.182. The van der Waals surface area contributed by atoms with Crippen LogP contribution in [0.5, 0.6) is 0 Å². The number of aromatic nitrogens is 7. The third-order valence-electron chi connectivity index (χ3n) is 2.42. The maximum Gasteiger partial charge on any atom is 0.257 e. The molecule has 19 heavy (non-hydrogen) atoms. The molecular weight excluding hydrogens is 244 g/mol. The average Bonchev–Trinajstić information content (AvgIpc) is 3.12. The summed E-state index contributed by atoms with van der Waals surface area (Å²) in [6.07, 6.45) is 4.80. The molecule has 0 atom stereocenters. The van der Waals surface area contributed by atoms with Gasteiger partial charge in [-0.15, -0.1) is 0 Å². The van der Waals surface area contributed by atoms with Crippen molar-refractivity contribution in [2.24, 2.45) is 0 Å². The normalized spacial score (nSPS) is 10.6. The molecule has 0 aliphatic carbocycles. The molecule has 0 amide bonds. The van der Waals surface area contributed by atoms with Crippen molar-refractivity contribution in [3.63, 3.8) is 0 Å². The summed E-state index contributed by atoms with van der Waals surface area (Å²) in [6, 6.07) is 3.79. The number of hydrogen-bond donors (Lipinski definition) is 2. The Morgan fingerprint density at radius 3 is 2.95 bits per heavy atom. The Balaban J connectivity index is 2.09. The number of H-pyrrole nitrogens is 1. The summed E-state index contributed by atoms with van der Waals surface area (Å²) in [5.74, 6) is 1.49. The standard InChI is InChI=1S/C11H12N8/c1-2-13-10-16-9(8-4-3-5-14-8)17-11(18-10)19-7-12-6-15-19/h3-7,14H,2H2,1H3,(H,13,16,17,18). The van der Waals surface area contributed by atoms with E-state index in [1.54, 1.807) is 6.33 Å². The highest BCUT2D eigenvalue weighted by Gasteiger charge is 2.10. The summed E-state index contributed by atoms with van der Waals surface area (Å²) in [6.45, 7) is 2.71. The lowest BCUT2D eigenvalue weighted by Crippen LogP contribution is -2.10. The zero-order valence-electron chi connectivity index (χ0n) is 10.3. The first kappa shape index (κ1) is 11.3. The van der Waals surface area contributed by atoms with Crippen LogP contribution in [0.2, 0.25) is 0 Å². The van der Waals surface area contributed by atoms with E-state index in [9.17, 15) is 0 Å². The second kappa shape index (κ2) is 4.84. The quantitative estimate of drug-likeness (QED) is 0.719. The van der Waals surface area contributed by atoms with E-state index in [2.05, 4.69) is 35.3 Å². The van der Waals surface area contributed by atoms with Gasteiger partial charge in [0.15, 0.2) is 5.82 Å². The molecule has 0 saturated heterocycles. The van der Waals surface area contributed by atoms with Crippen LogP contribution in [-0.2, 0) is 0 Å². The molecule has 8 heteroatoms. The van der Waals surface area contributed by atoms with Crippen molar-refractivity contribution in [3.8, 4) is 17.5 Å². The number of hydrogen-bond acceptors (Lipinski definition) is 6. The number of rotatable bonds is 4. The van der Waals surface area contributed by atoms with E-state index in [0.717, 1.165) is 12.2 Å². The number of anilines is 1. The Morgan fingerprint density at radius 1 is 1.32 bits per heavy atom. The van der Waals surface area contributed by atoms with Crippen molar-refractivity contribution in [3.05, 3.63) is 31.0 Å². The summed E-state index contributed by atoms with van der Waals surface area (Å²) < 4.78 is 1.50. The molecule has 0 fully saturated rings. The van der Waals surface area contributed by atoms with Gasteiger partial charge in [-0.05, 0) is 19.1 Å². The van der Waals surface area contributed by atoms with E-state index < -0.39 is 0 Å². The Bertz CT molecular complexity index is 591. The minimum atomic E-state index is 0.424. The van der Waals surface area contributed by atoms with Crippen molar-refractivity contribution in [2.45, 2.75) is 6.92 Å². The average molecular weight is 256 g/mol. The van der Waals surface area contributed by atoms with Crippen LogP contribution in [-0.4, -0.2) is 41.2 Å². The third-order valence-corrected chi connectivity index (χ3v) is 2.42. The molecule has 96 valence electrons. The summed E-state index contributed by atoms with van der Waals surface area (Å²) in [5, 5.41) is 7.10. The second-order valence-corrected chi connectivity index (χ2v) is 3.74.